The molecule has 6 heteroatoms. The molecule has 0 atom stereocenters. The van der Waals surface area contributed by atoms with Gasteiger partial charge < -0.3 is 25.2 Å². The van der Waals surface area contributed by atoms with E-state index in [1.165, 1.54) is 0 Å². The number of carbonyl (C=O) groups is 1. The number of carbonyl (C=O) groups excluding carboxylic acids is 1. The third-order valence-corrected chi connectivity index (χ3v) is 3.32. The second-order valence-electron chi connectivity index (χ2n) is 4.85. The number of rotatable bonds is 6. The average molecular weight is 290 g/mol. The molecule has 1 heterocycles. The van der Waals surface area contributed by atoms with Crippen LogP contribution in [0.5, 0.6) is 0 Å². The quantitative estimate of drug-likeness (QED) is 0.598. The highest BCUT2D eigenvalue weighted by Gasteiger charge is 2.30. The molecule has 1 aromatic carbocycles. The molecule has 0 fully saturated rings. The van der Waals surface area contributed by atoms with E-state index < -0.39 is 31.3 Å². The fourth-order valence-corrected chi connectivity index (χ4v) is 1.87. The molecule has 112 valence electrons. The van der Waals surface area contributed by atoms with Gasteiger partial charge in [-0.25, -0.2) is 0 Å². The first-order valence-electron chi connectivity index (χ1n) is 6.52. The van der Waals surface area contributed by atoms with Gasteiger partial charge in [0, 0.05) is 23.6 Å². The molecule has 2 rings (SSSR count). The van der Waals surface area contributed by atoms with Crippen LogP contribution in [-0.2, 0) is 0 Å². The Morgan fingerprint density at radius 1 is 1.00 bits per heavy atom. The summed E-state index contributed by atoms with van der Waals surface area (Å²) in [5.74, 6) is -0.466. The van der Waals surface area contributed by atoms with Gasteiger partial charge in [-0.05, 0) is 36.4 Å². The van der Waals surface area contributed by atoms with Gasteiger partial charge in [-0.2, -0.15) is 0 Å². The van der Waals surface area contributed by atoms with Gasteiger partial charge in [0.1, 0.15) is 5.54 Å². The number of aliphatic hydroxyl groups excluding tert-OH is 3. The van der Waals surface area contributed by atoms with E-state index in [0.29, 0.717) is 5.56 Å². The lowest BCUT2D eigenvalue weighted by molar-refractivity contribution is 0.0375. The Balaban J connectivity index is 2.13. The highest BCUT2D eigenvalue weighted by molar-refractivity contribution is 5.94. The molecule has 0 saturated heterocycles. The molecular weight excluding hydrogens is 272 g/mol. The van der Waals surface area contributed by atoms with Gasteiger partial charge in [0.2, 0.25) is 0 Å². The molecule has 0 spiro atoms. The van der Waals surface area contributed by atoms with Gasteiger partial charge in [0.15, 0.2) is 0 Å². The van der Waals surface area contributed by atoms with Crippen LogP contribution in [0.25, 0.3) is 5.69 Å². The minimum absolute atomic E-state index is 0.380. The SMILES string of the molecule is O=C(NC(CO)(CO)CO)c1ccc(-n2cccc2)cc1. The molecular formula is C15H18N2O4. The molecule has 0 unspecified atom stereocenters. The molecule has 6 nitrogen and oxygen atoms in total. The molecule has 0 radical (unpaired) electrons. The van der Waals surface area contributed by atoms with Crippen molar-refractivity contribution in [1.29, 1.82) is 0 Å². The zero-order valence-electron chi connectivity index (χ0n) is 11.4. The van der Waals surface area contributed by atoms with Crippen molar-refractivity contribution in [1.82, 2.24) is 9.88 Å². The molecule has 21 heavy (non-hydrogen) atoms. The fourth-order valence-electron chi connectivity index (χ4n) is 1.87. The first-order chi connectivity index (χ1) is 10.1. The van der Waals surface area contributed by atoms with Crippen molar-refractivity contribution >= 4 is 5.91 Å². The summed E-state index contributed by atoms with van der Waals surface area (Å²) in [6.07, 6.45) is 3.78. The van der Waals surface area contributed by atoms with E-state index in [2.05, 4.69) is 5.32 Å². The van der Waals surface area contributed by atoms with Crippen molar-refractivity contribution in [3.05, 3.63) is 54.4 Å². The maximum Gasteiger partial charge on any atom is 0.251 e. The summed E-state index contributed by atoms with van der Waals surface area (Å²) in [7, 11) is 0. The Kier molecular flexibility index (Phi) is 4.74. The highest BCUT2D eigenvalue weighted by atomic mass is 16.3. The largest absolute Gasteiger partial charge is 0.394 e. The summed E-state index contributed by atoms with van der Waals surface area (Å²) >= 11 is 0. The topological polar surface area (TPSA) is 94.7 Å². The predicted octanol–water partition coefficient (Wildman–Crippen LogP) is -0.0772. The summed E-state index contributed by atoms with van der Waals surface area (Å²) in [5.41, 5.74) is -0.129. The normalized spacial score (nSPS) is 11.4. The van der Waals surface area contributed by atoms with Crippen molar-refractivity contribution < 1.29 is 20.1 Å². The van der Waals surface area contributed by atoms with Crippen molar-refractivity contribution in [3.8, 4) is 5.69 Å². The standard InChI is InChI=1S/C15H18N2O4/c18-9-15(10-19,11-20)16-14(21)12-3-5-13(6-4-12)17-7-1-2-8-17/h1-8,18-20H,9-11H2,(H,16,21). The third-order valence-electron chi connectivity index (χ3n) is 3.32. The third kappa shape index (κ3) is 3.30. The minimum Gasteiger partial charge on any atom is -0.394 e. The van der Waals surface area contributed by atoms with Crippen molar-refractivity contribution in [2.75, 3.05) is 19.8 Å². The van der Waals surface area contributed by atoms with Gasteiger partial charge in [0.25, 0.3) is 5.91 Å². The zero-order valence-corrected chi connectivity index (χ0v) is 11.4. The highest BCUT2D eigenvalue weighted by Crippen LogP contribution is 2.11. The number of hydrogen-bond acceptors (Lipinski definition) is 4. The smallest absolute Gasteiger partial charge is 0.251 e. The number of benzene rings is 1. The van der Waals surface area contributed by atoms with Crippen molar-refractivity contribution in [3.63, 3.8) is 0 Å². The Morgan fingerprint density at radius 3 is 2.00 bits per heavy atom. The number of amides is 1. The van der Waals surface area contributed by atoms with E-state index in [1.807, 2.05) is 29.1 Å². The summed E-state index contributed by atoms with van der Waals surface area (Å²) in [4.78, 5) is 12.1. The summed E-state index contributed by atoms with van der Waals surface area (Å²) < 4.78 is 1.90. The van der Waals surface area contributed by atoms with Gasteiger partial charge in [-0.1, -0.05) is 0 Å². The Labute approximate surface area is 122 Å². The summed E-state index contributed by atoms with van der Waals surface area (Å²) in [6, 6.07) is 10.7. The Bertz CT molecular complexity index is 566. The van der Waals surface area contributed by atoms with Gasteiger partial charge >= 0.3 is 0 Å². The lowest BCUT2D eigenvalue weighted by Gasteiger charge is -2.28. The molecule has 1 aromatic heterocycles. The predicted molar refractivity (Wildman–Crippen MR) is 77.2 cm³/mol. The Hall–Kier alpha value is -2.15. The molecule has 0 aliphatic carbocycles. The van der Waals surface area contributed by atoms with Crippen LogP contribution < -0.4 is 5.32 Å². The van der Waals surface area contributed by atoms with Crippen LogP contribution in [0.1, 0.15) is 10.4 Å². The molecule has 0 saturated carbocycles. The molecule has 0 aliphatic heterocycles. The minimum atomic E-state index is -1.42. The van der Waals surface area contributed by atoms with Gasteiger partial charge in [0.05, 0.1) is 19.8 Å². The molecule has 1 amide bonds. The monoisotopic (exact) mass is 290 g/mol. The number of nitrogens with one attached hydrogen (secondary N) is 1. The van der Waals surface area contributed by atoms with Crippen LogP contribution in [0.2, 0.25) is 0 Å². The van der Waals surface area contributed by atoms with E-state index in [4.69, 9.17) is 0 Å². The Morgan fingerprint density at radius 2 is 1.52 bits per heavy atom. The zero-order chi connectivity index (χ0) is 15.3. The van der Waals surface area contributed by atoms with Crippen molar-refractivity contribution in [2.24, 2.45) is 0 Å². The molecule has 2 aromatic rings. The molecule has 4 N–H and O–H groups in total. The van der Waals surface area contributed by atoms with E-state index in [-0.39, 0.29) is 0 Å². The molecule has 0 aliphatic rings. The van der Waals surface area contributed by atoms with E-state index >= 15 is 0 Å². The maximum absolute atomic E-state index is 12.1. The lowest BCUT2D eigenvalue weighted by Crippen LogP contribution is -2.57. The average Bonchev–Trinajstić information content (AvgIpc) is 3.07. The number of aromatic nitrogens is 1. The maximum atomic E-state index is 12.1. The van der Waals surface area contributed by atoms with Gasteiger partial charge in [-0.3, -0.25) is 4.79 Å². The van der Waals surface area contributed by atoms with Gasteiger partial charge in [-0.15, -0.1) is 0 Å². The second-order valence-corrected chi connectivity index (χ2v) is 4.85. The first kappa shape index (κ1) is 15.2. The molecule has 0 bridgehead atoms. The number of nitrogens with zero attached hydrogens (tertiary/aromatic N) is 1. The van der Waals surface area contributed by atoms with Crippen LogP contribution >= 0.6 is 0 Å². The number of hydrogen-bond donors (Lipinski definition) is 4. The van der Waals surface area contributed by atoms with Crippen LogP contribution in [0.3, 0.4) is 0 Å². The van der Waals surface area contributed by atoms with E-state index in [9.17, 15) is 20.1 Å². The number of aliphatic hydroxyl groups is 3. The van der Waals surface area contributed by atoms with Crippen LogP contribution in [0.4, 0.5) is 0 Å². The first-order valence-corrected chi connectivity index (χ1v) is 6.52. The van der Waals surface area contributed by atoms with Crippen LogP contribution in [0, 0.1) is 0 Å². The van der Waals surface area contributed by atoms with Crippen molar-refractivity contribution in [2.45, 2.75) is 5.54 Å². The van der Waals surface area contributed by atoms with Crippen LogP contribution in [-0.4, -0.2) is 51.2 Å². The lowest BCUT2D eigenvalue weighted by atomic mass is 10.0. The summed E-state index contributed by atoms with van der Waals surface area (Å²) in [5, 5.41) is 30.1. The van der Waals surface area contributed by atoms with E-state index in [0.717, 1.165) is 5.69 Å². The second kappa shape index (κ2) is 6.53. The van der Waals surface area contributed by atoms with Crippen LogP contribution in [0.15, 0.2) is 48.8 Å². The fraction of sp³-hybridized carbons (Fsp3) is 0.267. The summed E-state index contributed by atoms with van der Waals surface area (Å²) in [6.45, 7) is -1.65. The van der Waals surface area contributed by atoms with E-state index in [1.54, 1.807) is 24.3 Å².